The van der Waals surface area contributed by atoms with Gasteiger partial charge in [-0.15, -0.1) is 81.2 Å². The Morgan fingerprint density at radius 2 is 1.00 bits per heavy atom. The predicted octanol–water partition coefficient (Wildman–Crippen LogP) is 11.8. The molecule has 0 heterocycles. The molecular formula is C34H46Cl2O2Zr. The average molecular weight is 649 g/mol. The van der Waals surface area contributed by atoms with Crippen LogP contribution in [0.2, 0.25) is 0 Å². The van der Waals surface area contributed by atoms with E-state index in [0.29, 0.717) is 0 Å². The Kier molecular flexibility index (Phi) is 14.5. The molecule has 4 rings (SSSR count). The van der Waals surface area contributed by atoms with Gasteiger partial charge in [-0.2, -0.15) is 12.1 Å². The molecular weight excluding hydrogens is 603 g/mol. The van der Waals surface area contributed by atoms with Crippen LogP contribution in [0.15, 0.2) is 72.8 Å². The van der Waals surface area contributed by atoms with Crippen LogP contribution in [0.3, 0.4) is 0 Å². The van der Waals surface area contributed by atoms with Gasteiger partial charge >= 0.3 is 37.9 Å². The van der Waals surface area contributed by atoms with Crippen molar-refractivity contribution in [2.45, 2.75) is 104 Å². The molecule has 0 bridgehead atoms. The summed E-state index contributed by atoms with van der Waals surface area (Å²) in [5.41, 5.74) is 2.44. The zero-order valence-corrected chi connectivity index (χ0v) is 29.0. The fourth-order valence-corrected chi connectivity index (χ4v) is 4.69. The molecule has 0 saturated carbocycles. The number of rotatable bonds is 8. The van der Waals surface area contributed by atoms with Crippen molar-refractivity contribution in [1.82, 2.24) is 0 Å². The summed E-state index contributed by atoms with van der Waals surface area (Å²) in [4.78, 5) is 0. The first-order valence-electron chi connectivity index (χ1n) is 14.0. The number of halogens is 2. The van der Waals surface area contributed by atoms with Crippen LogP contribution >= 0.6 is 17.0 Å². The second-order valence-corrected chi connectivity index (χ2v) is 15.7. The molecule has 0 fully saturated rings. The molecule has 212 valence electrons. The van der Waals surface area contributed by atoms with E-state index in [0.717, 1.165) is 25.7 Å². The summed E-state index contributed by atoms with van der Waals surface area (Å²) < 4.78 is 12.4. The Morgan fingerprint density at radius 1 is 0.667 bits per heavy atom. The fraction of sp³-hybridized carbons (Fsp3) is 0.471. The molecule has 0 aromatic heterocycles. The van der Waals surface area contributed by atoms with Crippen molar-refractivity contribution in [1.29, 1.82) is 0 Å². The molecule has 0 aliphatic heterocycles. The van der Waals surface area contributed by atoms with Gasteiger partial charge in [0.05, 0.1) is 23.4 Å². The first kappa shape index (κ1) is 34.2. The number of hydrogen-bond donors (Lipinski definition) is 0. The molecule has 4 aromatic carbocycles. The van der Waals surface area contributed by atoms with Crippen molar-refractivity contribution >= 4 is 38.6 Å². The van der Waals surface area contributed by atoms with E-state index < -0.39 is 20.8 Å². The molecule has 5 heteroatoms. The molecule has 39 heavy (non-hydrogen) atoms. The van der Waals surface area contributed by atoms with Crippen LogP contribution in [0, 0.1) is 0 Å². The SMILES string of the molecule is CCCC(OC(C)(C)C)c1cc2ccccc2[cH-]1.CCCC(OC(C)(C)C)c1cc2ccccc2[cH-]1.[Cl][Zr+2][Cl]. The first-order chi connectivity index (χ1) is 18.4. The predicted molar refractivity (Wildman–Crippen MR) is 168 cm³/mol. The zero-order valence-electron chi connectivity index (χ0n) is 25.0. The third-order valence-electron chi connectivity index (χ3n) is 6.12. The average Bonchev–Trinajstić information content (AvgIpc) is 3.47. The Bertz CT molecular complexity index is 1070. The monoisotopic (exact) mass is 646 g/mol. The molecule has 0 amide bonds. The van der Waals surface area contributed by atoms with Gasteiger partial charge in [-0.25, -0.2) is 0 Å². The van der Waals surface area contributed by atoms with Crippen molar-refractivity contribution in [3.8, 4) is 0 Å². The molecule has 0 spiro atoms. The minimum atomic E-state index is -0.826. The molecule has 2 unspecified atom stereocenters. The molecule has 0 aliphatic carbocycles. The van der Waals surface area contributed by atoms with Crippen molar-refractivity contribution in [2.75, 3.05) is 0 Å². The van der Waals surface area contributed by atoms with Gasteiger partial charge in [-0.1, -0.05) is 38.8 Å². The van der Waals surface area contributed by atoms with E-state index in [9.17, 15) is 0 Å². The summed E-state index contributed by atoms with van der Waals surface area (Å²) in [6.07, 6.45) is 4.86. The summed E-state index contributed by atoms with van der Waals surface area (Å²) in [6.45, 7) is 17.2. The zero-order chi connectivity index (χ0) is 29.1. The van der Waals surface area contributed by atoms with Crippen LogP contribution in [0.25, 0.3) is 21.5 Å². The van der Waals surface area contributed by atoms with E-state index in [2.05, 4.69) is 128 Å². The number of benzene rings is 2. The maximum atomic E-state index is 6.19. The summed E-state index contributed by atoms with van der Waals surface area (Å²) in [5, 5.41) is 5.24. The van der Waals surface area contributed by atoms with E-state index in [1.807, 2.05) is 0 Å². The summed E-state index contributed by atoms with van der Waals surface area (Å²) in [7, 11) is 9.87. The Balaban J connectivity index is 0.000000249. The van der Waals surface area contributed by atoms with Crippen LogP contribution in [0.1, 0.15) is 104 Å². The number of fused-ring (bicyclic) bond motifs is 2. The van der Waals surface area contributed by atoms with Crippen molar-refractivity contribution < 1.29 is 30.3 Å². The van der Waals surface area contributed by atoms with Crippen molar-refractivity contribution in [2.24, 2.45) is 0 Å². The molecule has 2 atom stereocenters. The number of ether oxygens (including phenoxy) is 2. The van der Waals surface area contributed by atoms with Gasteiger partial charge in [0.25, 0.3) is 0 Å². The third kappa shape index (κ3) is 12.2. The van der Waals surface area contributed by atoms with Crippen molar-refractivity contribution in [3.05, 3.63) is 83.9 Å². The van der Waals surface area contributed by atoms with E-state index in [-0.39, 0.29) is 23.4 Å². The first-order valence-corrected chi connectivity index (χ1v) is 20.4. The molecule has 2 nitrogen and oxygen atoms in total. The van der Waals surface area contributed by atoms with Crippen molar-refractivity contribution in [3.63, 3.8) is 0 Å². The number of hydrogen-bond acceptors (Lipinski definition) is 2. The van der Waals surface area contributed by atoms with Gasteiger partial charge in [-0.3, -0.25) is 0 Å². The second kappa shape index (κ2) is 16.5. The Hall–Kier alpha value is -0.957. The molecule has 4 aromatic rings. The molecule has 0 aliphatic rings. The van der Waals surface area contributed by atoms with Crippen LogP contribution in [0.4, 0.5) is 0 Å². The topological polar surface area (TPSA) is 18.5 Å². The van der Waals surface area contributed by atoms with E-state index >= 15 is 0 Å². The standard InChI is InChI=1S/2C17H23O.2ClH.Zr/c2*1-5-8-16(18-17(2,3)4)15-11-13-9-6-7-10-14(13)12-15;;;/h2*6-7,9-12,16H,5,8H2,1-4H3;2*1H;/q2*-1;;;+4/p-2. The molecule has 0 N–H and O–H groups in total. The van der Waals surface area contributed by atoms with E-state index in [1.165, 1.54) is 32.7 Å². The normalized spacial score (nSPS) is 13.2. The third-order valence-corrected chi connectivity index (χ3v) is 6.12. The van der Waals surface area contributed by atoms with Gasteiger partial charge in [0, 0.05) is 0 Å². The van der Waals surface area contributed by atoms with Crippen LogP contribution in [-0.2, 0) is 30.3 Å². The van der Waals surface area contributed by atoms with E-state index in [4.69, 9.17) is 26.5 Å². The van der Waals surface area contributed by atoms with Gasteiger partial charge < -0.3 is 9.47 Å². The van der Waals surface area contributed by atoms with Gasteiger partial charge in [0.2, 0.25) is 0 Å². The van der Waals surface area contributed by atoms with E-state index in [1.54, 1.807) is 0 Å². The summed E-state index contributed by atoms with van der Waals surface area (Å²) in [6, 6.07) is 26.1. The van der Waals surface area contributed by atoms with Gasteiger partial charge in [-0.05, 0) is 54.4 Å². The maximum absolute atomic E-state index is 6.19. The van der Waals surface area contributed by atoms with Crippen LogP contribution < -0.4 is 0 Å². The molecule has 0 saturated heterocycles. The Labute approximate surface area is 255 Å². The fourth-order valence-electron chi connectivity index (χ4n) is 4.69. The van der Waals surface area contributed by atoms with Gasteiger partial charge in [0.15, 0.2) is 0 Å². The summed E-state index contributed by atoms with van der Waals surface area (Å²) >= 11 is -0.826. The summed E-state index contributed by atoms with van der Waals surface area (Å²) in [5.74, 6) is 0. The second-order valence-electron chi connectivity index (χ2n) is 11.9. The van der Waals surface area contributed by atoms with Crippen LogP contribution in [-0.4, -0.2) is 11.2 Å². The van der Waals surface area contributed by atoms with Gasteiger partial charge in [0.1, 0.15) is 0 Å². The minimum absolute atomic E-state index is 0.0940. The quantitative estimate of drug-likeness (QED) is 0.177. The van der Waals surface area contributed by atoms with Crippen LogP contribution in [0.5, 0.6) is 0 Å². The Morgan fingerprint density at radius 3 is 1.28 bits per heavy atom. The molecule has 0 radical (unpaired) electrons.